The summed E-state index contributed by atoms with van der Waals surface area (Å²) in [4.78, 5) is 27.5. The summed E-state index contributed by atoms with van der Waals surface area (Å²) in [6.45, 7) is 5.84. The highest BCUT2D eigenvalue weighted by Gasteiger charge is 2.30. The highest BCUT2D eigenvalue weighted by Crippen LogP contribution is 2.22. The first kappa shape index (κ1) is 25.9. The molecule has 0 spiro atoms. The first-order valence-corrected chi connectivity index (χ1v) is 13.0. The second-order valence-electron chi connectivity index (χ2n) is 7.66. The van der Waals surface area contributed by atoms with Crippen molar-refractivity contribution in [2.24, 2.45) is 0 Å². The smallest absolute Gasteiger partial charge is 0.244 e. The van der Waals surface area contributed by atoms with Crippen LogP contribution in [0, 0.1) is 6.92 Å². The number of nitrogens with zero attached hydrogens (tertiary/aromatic N) is 2. The summed E-state index contributed by atoms with van der Waals surface area (Å²) in [7, 11) is -3.73. The molecule has 0 radical (unpaired) electrons. The van der Waals surface area contributed by atoms with Crippen LogP contribution in [-0.2, 0) is 26.2 Å². The number of carbonyl (C=O) groups is 2. The molecule has 0 aliphatic carbocycles. The van der Waals surface area contributed by atoms with Gasteiger partial charge in [0.1, 0.15) is 12.6 Å². The van der Waals surface area contributed by atoms with Gasteiger partial charge in [-0.2, -0.15) is 0 Å². The van der Waals surface area contributed by atoms with E-state index >= 15 is 0 Å². The van der Waals surface area contributed by atoms with Gasteiger partial charge in [0.25, 0.3) is 0 Å². The zero-order valence-corrected chi connectivity index (χ0v) is 21.2. The fourth-order valence-electron chi connectivity index (χ4n) is 3.17. The molecule has 0 saturated heterocycles. The average Bonchev–Trinajstić information content (AvgIpc) is 2.74. The zero-order valence-electron chi connectivity index (χ0n) is 18.8. The van der Waals surface area contributed by atoms with Crippen molar-refractivity contribution in [3.05, 3.63) is 64.1 Å². The SMILES string of the molecule is CCCNC(=O)[C@@H](C)N(Cc1ccccc1C)C(=O)CN(c1ccc(Br)cc1)S(C)(=O)=O. The van der Waals surface area contributed by atoms with Gasteiger partial charge in [-0.3, -0.25) is 13.9 Å². The molecule has 0 fully saturated rings. The minimum absolute atomic E-state index is 0.199. The molecule has 0 aliphatic heterocycles. The van der Waals surface area contributed by atoms with Crippen molar-refractivity contribution in [3.8, 4) is 0 Å². The molecule has 1 N–H and O–H groups in total. The Bertz CT molecular complexity index is 1040. The number of aryl methyl sites for hydroxylation is 1. The summed E-state index contributed by atoms with van der Waals surface area (Å²) in [6.07, 6.45) is 1.83. The van der Waals surface area contributed by atoms with E-state index in [4.69, 9.17) is 0 Å². The predicted octanol–water partition coefficient (Wildman–Crippen LogP) is 3.47. The quantitative estimate of drug-likeness (QED) is 0.516. The first-order chi connectivity index (χ1) is 15.0. The van der Waals surface area contributed by atoms with Gasteiger partial charge in [0, 0.05) is 17.6 Å². The maximum absolute atomic E-state index is 13.4. The van der Waals surface area contributed by atoms with Crippen LogP contribution >= 0.6 is 15.9 Å². The van der Waals surface area contributed by atoms with Crippen LogP contribution in [0.15, 0.2) is 53.0 Å². The third-order valence-corrected chi connectivity index (χ3v) is 6.78. The average molecular weight is 524 g/mol. The second kappa shape index (κ2) is 11.5. The number of carbonyl (C=O) groups excluding carboxylic acids is 2. The van der Waals surface area contributed by atoms with Crippen LogP contribution in [0.3, 0.4) is 0 Å². The summed E-state index contributed by atoms with van der Waals surface area (Å²) in [6, 6.07) is 13.5. The van der Waals surface area contributed by atoms with Gasteiger partial charge in [-0.1, -0.05) is 47.1 Å². The Labute approximate surface area is 199 Å². The zero-order chi connectivity index (χ0) is 23.9. The van der Waals surface area contributed by atoms with Crippen molar-refractivity contribution >= 4 is 43.5 Å². The third kappa shape index (κ3) is 7.06. The number of rotatable bonds is 10. The van der Waals surface area contributed by atoms with Crippen molar-refractivity contribution < 1.29 is 18.0 Å². The number of sulfonamides is 1. The summed E-state index contributed by atoms with van der Waals surface area (Å²) in [5.74, 6) is -0.732. The molecule has 0 heterocycles. The molecule has 9 heteroatoms. The van der Waals surface area contributed by atoms with Gasteiger partial charge in [-0.15, -0.1) is 0 Å². The predicted molar refractivity (Wildman–Crippen MR) is 131 cm³/mol. The molecule has 0 unspecified atom stereocenters. The highest BCUT2D eigenvalue weighted by molar-refractivity contribution is 9.10. The Hall–Kier alpha value is -2.39. The van der Waals surface area contributed by atoms with Gasteiger partial charge in [-0.25, -0.2) is 8.42 Å². The maximum Gasteiger partial charge on any atom is 0.244 e. The molecule has 32 heavy (non-hydrogen) atoms. The molecular formula is C23H30BrN3O4S. The number of anilines is 1. The lowest BCUT2D eigenvalue weighted by Crippen LogP contribution is -2.51. The lowest BCUT2D eigenvalue weighted by Gasteiger charge is -2.31. The molecular weight excluding hydrogens is 494 g/mol. The second-order valence-corrected chi connectivity index (χ2v) is 10.5. The van der Waals surface area contributed by atoms with Crippen LogP contribution < -0.4 is 9.62 Å². The molecule has 7 nitrogen and oxygen atoms in total. The van der Waals surface area contributed by atoms with Crippen molar-refractivity contribution in [2.45, 2.75) is 39.8 Å². The van der Waals surface area contributed by atoms with E-state index in [0.717, 1.165) is 32.6 Å². The van der Waals surface area contributed by atoms with Crippen LogP contribution in [0.5, 0.6) is 0 Å². The van der Waals surface area contributed by atoms with E-state index in [1.165, 1.54) is 4.90 Å². The Morgan fingerprint density at radius 1 is 1.09 bits per heavy atom. The molecule has 2 rings (SSSR count). The van der Waals surface area contributed by atoms with Crippen molar-refractivity contribution in [3.63, 3.8) is 0 Å². The normalized spacial score (nSPS) is 12.2. The molecule has 0 aliphatic rings. The number of nitrogens with one attached hydrogen (secondary N) is 1. The molecule has 1 atom stereocenters. The first-order valence-electron chi connectivity index (χ1n) is 10.4. The third-order valence-electron chi connectivity index (χ3n) is 5.11. The summed E-state index contributed by atoms with van der Waals surface area (Å²) < 4.78 is 26.8. The Kier molecular flexibility index (Phi) is 9.27. The number of hydrogen-bond donors (Lipinski definition) is 1. The van der Waals surface area contributed by atoms with E-state index in [-0.39, 0.29) is 12.5 Å². The largest absolute Gasteiger partial charge is 0.354 e. The molecule has 2 amide bonds. The van der Waals surface area contributed by atoms with Gasteiger partial charge >= 0.3 is 0 Å². The van der Waals surface area contributed by atoms with Crippen molar-refractivity contribution in [2.75, 3.05) is 23.7 Å². The molecule has 0 aromatic heterocycles. The lowest BCUT2D eigenvalue weighted by molar-refractivity contribution is -0.139. The Morgan fingerprint density at radius 3 is 2.28 bits per heavy atom. The fourth-order valence-corrected chi connectivity index (χ4v) is 4.28. The standard InChI is InChI=1S/C23H30BrN3O4S/c1-5-14-25-23(29)18(3)26(15-19-9-7-6-8-17(19)2)22(28)16-27(32(4,30)31)21-12-10-20(24)11-13-21/h6-13,18H,5,14-16H2,1-4H3,(H,25,29)/t18-/m1/s1. The summed E-state index contributed by atoms with van der Waals surface area (Å²) >= 11 is 3.33. The van der Waals surface area contributed by atoms with E-state index in [2.05, 4.69) is 21.2 Å². The maximum atomic E-state index is 13.4. The van der Waals surface area contributed by atoms with Crippen molar-refractivity contribution in [1.29, 1.82) is 0 Å². The molecule has 174 valence electrons. The lowest BCUT2D eigenvalue weighted by atomic mass is 10.1. The summed E-state index contributed by atoms with van der Waals surface area (Å²) in [5, 5.41) is 2.82. The van der Waals surface area contributed by atoms with E-state index in [1.807, 2.05) is 38.1 Å². The van der Waals surface area contributed by atoms with Crippen molar-refractivity contribution in [1.82, 2.24) is 10.2 Å². The van der Waals surface area contributed by atoms with Gasteiger partial charge < -0.3 is 10.2 Å². The van der Waals surface area contributed by atoms with E-state index in [1.54, 1.807) is 31.2 Å². The molecule has 2 aromatic carbocycles. The van der Waals surface area contributed by atoms with Crippen LogP contribution in [-0.4, -0.2) is 50.5 Å². The molecule has 0 bridgehead atoms. The van der Waals surface area contributed by atoms with E-state index in [9.17, 15) is 18.0 Å². The number of hydrogen-bond acceptors (Lipinski definition) is 4. The topological polar surface area (TPSA) is 86.8 Å². The Morgan fingerprint density at radius 2 is 1.72 bits per heavy atom. The van der Waals surface area contributed by atoms with Gasteiger partial charge in [0.05, 0.1) is 11.9 Å². The van der Waals surface area contributed by atoms with Crippen LogP contribution in [0.1, 0.15) is 31.4 Å². The number of amides is 2. The van der Waals surface area contributed by atoms with Crippen LogP contribution in [0.4, 0.5) is 5.69 Å². The number of halogens is 1. The van der Waals surface area contributed by atoms with E-state index in [0.29, 0.717) is 12.2 Å². The summed E-state index contributed by atoms with van der Waals surface area (Å²) in [5.41, 5.74) is 2.26. The fraction of sp³-hybridized carbons (Fsp3) is 0.391. The van der Waals surface area contributed by atoms with Gasteiger partial charge in [-0.05, 0) is 55.7 Å². The van der Waals surface area contributed by atoms with E-state index < -0.39 is 28.5 Å². The Balaban J connectivity index is 2.37. The van der Waals surface area contributed by atoms with Crippen LogP contribution in [0.25, 0.3) is 0 Å². The van der Waals surface area contributed by atoms with Gasteiger partial charge in [0.15, 0.2) is 0 Å². The highest BCUT2D eigenvalue weighted by atomic mass is 79.9. The molecule has 0 saturated carbocycles. The number of benzene rings is 2. The molecule has 2 aromatic rings. The van der Waals surface area contributed by atoms with Crippen LogP contribution in [0.2, 0.25) is 0 Å². The monoisotopic (exact) mass is 523 g/mol. The minimum atomic E-state index is -3.73. The van der Waals surface area contributed by atoms with Gasteiger partial charge in [0.2, 0.25) is 21.8 Å². The minimum Gasteiger partial charge on any atom is -0.354 e.